The molecule has 150 valence electrons. The zero-order chi connectivity index (χ0) is 19.9. The molecular formula is C20H25FN4O3. The normalized spacial score (nSPS) is 23.0. The smallest absolute Gasteiger partial charge is 0.277 e. The predicted molar refractivity (Wildman–Crippen MR) is 100 cm³/mol. The SMILES string of the molecule is Cc1cccc2nc(C(=O)N3CCC[C@@]4(CCC(=O)N(CCO)C4)C3)c(F)n12. The van der Waals surface area contributed by atoms with Crippen LogP contribution in [-0.2, 0) is 4.79 Å². The van der Waals surface area contributed by atoms with Gasteiger partial charge in [-0.25, -0.2) is 4.98 Å². The van der Waals surface area contributed by atoms with Crippen LogP contribution in [0.3, 0.4) is 0 Å². The molecule has 1 spiro atoms. The second-order valence-corrected chi connectivity index (χ2v) is 7.98. The molecule has 2 amide bonds. The van der Waals surface area contributed by atoms with E-state index in [1.54, 1.807) is 34.9 Å². The van der Waals surface area contributed by atoms with Gasteiger partial charge in [0, 0.05) is 43.7 Å². The van der Waals surface area contributed by atoms with Gasteiger partial charge in [0.05, 0.1) is 6.61 Å². The number of pyridine rings is 1. The van der Waals surface area contributed by atoms with Crippen molar-refractivity contribution in [3.8, 4) is 0 Å². The number of β-amino-alcohol motifs (C(OH)–C–C–N with tert-alkyl or cyclic N) is 1. The summed E-state index contributed by atoms with van der Waals surface area (Å²) in [5.74, 6) is -0.978. The van der Waals surface area contributed by atoms with Crippen LogP contribution in [0.5, 0.6) is 0 Å². The Hall–Kier alpha value is -2.48. The number of likely N-dealkylation sites (tertiary alicyclic amines) is 2. The van der Waals surface area contributed by atoms with Gasteiger partial charge in [0.2, 0.25) is 11.9 Å². The molecular weight excluding hydrogens is 363 g/mol. The van der Waals surface area contributed by atoms with Crippen LogP contribution < -0.4 is 0 Å². The van der Waals surface area contributed by atoms with Crippen LogP contribution in [0.2, 0.25) is 0 Å². The van der Waals surface area contributed by atoms with Crippen LogP contribution >= 0.6 is 0 Å². The molecule has 1 atom stereocenters. The summed E-state index contributed by atoms with van der Waals surface area (Å²) in [7, 11) is 0. The summed E-state index contributed by atoms with van der Waals surface area (Å²) in [6.07, 6.45) is 2.86. The number of hydrogen-bond acceptors (Lipinski definition) is 4. The number of piperidine rings is 2. The molecule has 7 nitrogen and oxygen atoms in total. The van der Waals surface area contributed by atoms with E-state index >= 15 is 0 Å². The Kier molecular flexibility index (Phi) is 4.82. The van der Waals surface area contributed by atoms with Crippen molar-refractivity contribution in [3.05, 3.63) is 35.5 Å². The van der Waals surface area contributed by atoms with E-state index in [-0.39, 0.29) is 23.6 Å². The highest BCUT2D eigenvalue weighted by molar-refractivity contribution is 5.93. The van der Waals surface area contributed by atoms with E-state index in [0.717, 1.165) is 12.8 Å². The number of aromatic nitrogens is 2. The molecule has 8 heteroatoms. The highest BCUT2D eigenvalue weighted by Gasteiger charge is 2.43. The first-order valence-electron chi connectivity index (χ1n) is 9.76. The Bertz CT molecular complexity index is 928. The molecule has 0 bridgehead atoms. The first-order valence-corrected chi connectivity index (χ1v) is 9.76. The molecule has 2 aromatic rings. The number of rotatable bonds is 3. The molecule has 4 heterocycles. The molecule has 2 aromatic heterocycles. The number of aryl methyl sites for hydroxylation is 1. The van der Waals surface area contributed by atoms with Gasteiger partial charge in [0.15, 0.2) is 5.69 Å². The zero-order valence-corrected chi connectivity index (χ0v) is 16.0. The molecule has 0 radical (unpaired) electrons. The van der Waals surface area contributed by atoms with E-state index in [1.165, 1.54) is 4.40 Å². The van der Waals surface area contributed by atoms with Gasteiger partial charge in [-0.3, -0.25) is 14.0 Å². The highest BCUT2D eigenvalue weighted by atomic mass is 19.1. The third kappa shape index (κ3) is 3.15. The van der Waals surface area contributed by atoms with Crippen molar-refractivity contribution in [2.75, 3.05) is 32.8 Å². The highest BCUT2D eigenvalue weighted by Crippen LogP contribution is 2.39. The summed E-state index contributed by atoms with van der Waals surface area (Å²) in [5.41, 5.74) is 0.764. The van der Waals surface area contributed by atoms with Crippen LogP contribution in [0.25, 0.3) is 5.65 Å². The quantitative estimate of drug-likeness (QED) is 0.867. The zero-order valence-electron chi connectivity index (χ0n) is 16.0. The monoisotopic (exact) mass is 388 g/mol. The van der Waals surface area contributed by atoms with Gasteiger partial charge >= 0.3 is 0 Å². The van der Waals surface area contributed by atoms with Gasteiger partial charge in [-0.15, -0.1) is 0 Å². The molecule has 2 aliphatic rings. The molecule has 2 fully saturated rings. The van der Waals surface area contributed by atoms with E-state index in [0.29, 0.717) is 50.4 Å². The second-order valence-electron chi connectivity index (χ2n) is 7.98. The number of carbonyl (C=O) groups excluding carboxylic acids is 2. The Morgan fingerprint density at radius 1 is 1.32 bits per heavy atom. The van der Waals surface area contributed by atoms with Crippen LogP contribution in [0.4, 0.5) is 4.39 Å². The summed E-state index contributed by atoms with van der Waals surface area (Å²) in [4.78, 5) is 32.8. The third-order valence-electron chi connectivity index (χ3n) is 6.05. The second kappa shape index (κ2) is 7.16. The number of amides is 2. The Morgan fingerprint density at radius 3 is 2.89 bits per heavy atom. The van der Waals surface area contributed by atoms with Gasteiger partial charge in [0.1, 0.15) is 5.65 Å². The number of nitrogens with zero attached hydrogens (tertiary/aromatic N) is 4. The van der Waals surface area contributed by atoms with E-state index in [9.17, 15) is 19.1 Å². The maximum atomic E-state index is 14.9. The average molecular weight is 388 g/mol. The van der Waals surface area contributed by atoms with E-state index in [4.69, 9.17) is 0 Å². The van der Waals surface area contributed by atoms with Crippen LogP contribution in [0.15, 0.2) is 18.2 Å². The van der Waals surface area contributed by atoms with Crippen molar-refractivity contribution in [2.45, 2.75) is 32.6 Å². The lowest BCUT2D eigenvalue weighted by atomic mass is 9.73. The summed E-state index contributed by atoms with van der Waals surface area (Å²) < 4.78 is 16.3. The fraction of sp³-hybridized carbons (Fsp3) is 0.550. The van der Waals surface area contributed by atoms with Gasteiger partial charge in [0.25, 0.3) is 5.91 Å². The van der Waals surface area contributed by atoms with E-state index < -0.39 is 11.9 Å². The van der Waals surface area contributed by atoms with Gasteiger partial charge in [-0.2, -0.15) is 4.39 Å². The molecule has 28 heavy (non-hydrogen) atoms. The molecule has 1 N–H and O–H groups in total. The maximum Gasteiger partial charge on any atom is 0.277 e. The molecule has 0 unspecified atom stereocenters. The van der Waals surface area contributed by atoms with Gasteiger partial charge < -0.3 is 14.9 Å². The fourth-order valence-electron chi connectivity index (χ4n) is 4.64. The van der Waals surface area contributed by atoms with Crippen molar-refractivity contribution in [1.29, 1.82) is 0 Å². The third-order valence-corrected chi connectivity index (χ3v) is 6.05. The number of imidazole rings is 1. The van der Waals surface area contributed by atoms with Crippen LogP contribution in [0.1, 0.15) is 41.9 Å². The largest absolute Gasteiger partial charge is 0.395 e. The first kappa shape index (κ1) is 18.9. The Labute approximate surface area is 162 Å². The molecule has 0 aromatic carbocycles. The molecule has 0 saturated carbocycles. The number of fused-ring (bicyclic) bond motifs is 1. The van der Waals surface area contributed by atoms with Crippen molar-refractivity contribution < 1.29 is 19.1 Å². The Balaban J connectivity index is 1.58. The Morgan fingerprint density at radius 2 is 2.14 bits per heavy atom. The topological polar surface area (TPSA) is 78.2 Å². The number of aliphatic hydroxyl groups excluding tert-OH is 1. The van der Waals surface area contributed by atoms with Crippen molar-refractivity contribution in [3.63, 3.8) is 0 Å². The van der Waals surface area contributed by atoms with E-state index in [2.05, 4.69) is 4.98 Å². The van der Waals surface area contributed by atoms with Crippen molar-refractivity contribution in [2.24, 2.45) is 5.41 Å². The molecule has 0 aliphatic carbocycles. The lowest BCUT2D eigenvalue weighted by molar-refractivity contribution is -0.139. The minimum absolute atomic E-state index is 0.0463. The van der Waals surface area contributed by atoms with E-state index in [1.807, 2.05) is 0 Å². The van der Waals surface area contributed by atoms with Crippen LogP contribution in [0, 0.1) is 18.3 Å². The summed E-state index contributed by atoms with van der Waals surface area (Å²) >= 11 is 0. The number of hydrogen-bond donors (Lipinski definition) is 1. The molecule has 2 saturated heterocycles. The average Bonchev–Trinajstić information content (AvgIpc) is 3.02. The lowest BCUT2D eigenvalue weighted by Crippen LogP contribution is -2.55. The van der Waals surface area contributed by atoms with Crippen molar-refractivity contribution in [1.82, 2.24) is 19.2 Å². The lowest BCUT2D eigenvalue weighted by Gasteiger charge is -2.48. The van der Waals surface area contributed by atoms with Gasteiger partial charge in [-0.1, -0.05) is 6.07 Å². The number of carbonyl (C=O) groups is 2. The van der Waals surface area contributed by atoms with Crippen LogP contribution in [-0.4, -0.2) is 68.9 Å². The summed E-state index contributed by atoms with van der Waals surface area (Å²) in [6.45, 7) is 3.58. The number of aliphatic hydroxyl groups is 1. The maximum absolute atomic E-state index is 14.9. The number of halogens is 1. The summed E-state index contributed by atoms with van der Waals surface area (Å²) in [5, 5.41) is 9.22. The minimum Gasteiger partial charge on any atom is -0.395 e. The minimum atomic E-state index is -0.626. The molecule has 4 rings (SSSR count). The molecule has 2 aliphatic heterocycles. The van der Waals surface area contributed by atoms with Gasteiger partial charge in [-0.05, 0) is 38.3 Å². The van der Waals surface area contributed by atoms with Crippen molar-refractivity contribution >= 4 is 17.5 Å². The predicted octanol–water partition coefficient (Wildman–Crippen LogP) is 1.62. The summed E-state index contributed by atoms with van der Waals surface area (Å²) in [6, 6.07) is 5.25. The first-order chi connectivity index (χ1) is 13.4. The fourth-order valence-corrected chi connectivity index (χ4v) is 4.64. The standard InChI is InChI=1S/C20H25FN4O3/c1-14-4-2-5-15-22-17(18(21)25(14)15)19(28)24-9-3-7-20(13-24)8-6-16(27)23(12-20)10-11-26/h2,4-5,26H,3,6-13H2,1H3/t20-/m0/s1.